The van der Waals surface area contributed by atoms with E-state index in [9.17, 15) is 18.8 Å². The fraction of sp³-hybridized carbons (Fsp3) is 0.344. The summed E-state index contributed by atoms with van der Waals surface area (Å²) < 4.78 is 13.7. The number of nitrogens with two attached hydrogens (primary N) is 1. The quantitative estimate of drug-likeness (QED) is 0.416. The highest BCUT2D eigenvalue weighted by atomic mass is 19.1. The Morgan fingerprint density at radius 2 is 1.51 bits per heavy atom. The Hall–Kier alpha value is -4.24. The Bertz CT molecular complexity index is 1390. The standard InChI is InChI=1S/C32H36FN5O3/c33-25-9-4-8-24(20-25)32(41)38-17-5-16-37(18-19-38)29-15-10-23(31(40)35-27-13-11-26(34)12-14-27)21-28(29)36-30(39)22-6-2-1-3-7-22/h1-4,6-10,15,20-21,26-27H,5,11-14,16-19,34H2,(H,35,40)(H,36,39). The summed E-state index contributed by atoms with van der Waals surface area (Å²) in [4.78, 5) is 43.2. The normalized spacial score (nSPS) is 19.3. The lowest BCUT2D eigenvalue weighted by atomic mass is 9.91. The average Bonchev–Trinajstić information content (AvgIpc) is 3.25. The van der Waals surface area contributed by atoms with Gasteiger partial charge in [0.25, 0.3) is 17.7 Å². The van der Waals surface area contributed by atoms with Crippen LogP contribution in [0.4, 0.5) is 15.8 Å². The number of anilines is 2. The van der Waals surface area contributed by atoms with Crippen molar-refractivity contribution < 1.29 is 18.8 Å². The van der Waals surface area contributed by atoms with Gasteiger partial charge in [-0.25, -0.2) is 4.39 Å². The molecule has 1 aliphatic carbocycles. The molecule has 1 heterocycles. The molecule has 0 unspecified atom stereocenters. The van der Waals surface area contributed by atoms with E-state index < -0.39 is 5.82 Å². The molecule has 0 atom stereocenters. The Kier molecular flexibility index (Phi) is 8.94. The number of benzene rings is 3. The van der Waals surface area contributed by atoms with E-state index in [0.717, 1.165) is 31.4 Å². The van der Waals surface area contributed by atoms with E-state index in [-0.39, 0.29) is 29.8 Å². The predicted octanol–water partition coefficient (Wildman–Crippen LogP) is 4.43. The van der Waals surface area contributed by atoms with E-state index in [1.165, 1.54) is 18.2 Å². The number of amides is 3. The lowest BCUT2D eigenvalue weighted by Gasteiger charge is -2.28. The molecule has 0 aromatic heterocycles. The number of carbonyl (C=O) groups excluding carboxylic acids is 3. The van der Waals surface area contributed by atoms with Crippen LogP contribution in [-0.2, 0) is 0 Å². The number of carbonyl (C=O) groups is 3. The van der Waals surface area contributed by atoms with Gasteiger partial charge in [0.05, 0.1) is 11.4 Å². The molecule has 41 heavy (non-hydrogen) atoms. The van der Waals surface area contributed by atoms with Crippen molar-refractivity contribution in [2.45, 2.75) is 44.2 Å². The largest absolute Gasteiger partial charge is 0.368 e. The molecule has 1 saturated heterocycles. The Balaban J connectivity index is 1.35. The Morgan fingerprint density at radius 1 is 0.756 bits per heavy atom. The second-order valence-electron chi connectivity index (χ2n) is 10.8. The molecule has 9 heteroatoms. The molecule has 5 rings (SSSR count). The van der Waals surface area contributed by atoms with Crippen LogP contribution in [0.25, 0.3) is 0 Å². The zero-order valence-electron chi connectivity index (χ0n) is 23.0. The molecule has 3 aromatic carbocycles. The second kappa shape index (κ2) is 13.0. The monoisotopic (exact) mass is 557 g/mol. The number of hydrogen-bond acceptors (Lipinski definition) is 5. The number of hydrogen-bond donors (Lipinski definition) is 3. The lowest BCUT2D eigenvalue weighted by Crippen LogP contribution is -2.40. The van der Waals surface area contributed by atoms with Crippen molar-refractivity contribution in [1.82, 2.24) is 10.2 Å². The Labute approximate surface area is 239 Å². The van der Waals surface area contributed by atoms with Gasteiger partial charge in [-0.3, -0.25) is 14.4 Å². The van der Waals surface area contributed by atoms with Gasteiger partial charge in [-0.2, -0.15) is 0 Å². The van der Waals surface area contributed by atoms with Crippen LogP contribution in [0.3, 0.4) is 0 Å². The maximum Gasteiger partial charge on any atom is 0.255 e. The highest BCUT2D eigenvalue weighted by Gasteiger charge is 2.25. The van der Waals surface area contributed by atoms with Gasteiger partial charge in [0, 0.05) is 55.0 Å². The zero-order valence-corrected chi connectivity index (χ0v) is 23.0. The molecule has 0 spiro atoms. The van der Waals surface area contributed by atoms with E-state index in [2.05, 4.69) is 15.5 Å². The van der Waals surface area contributed by atoms with Gasteiger partial charge in [0.1, 0.15) is 5.82 Å². The fourth-order valence-corrected chi connectivity index (χ4v) is 5.53. The lowest BCUT2D eigenvalue weighted by molar-refractivity contribution is 0.0766. The number of halogens is 1. The van der Waals surface area contributed by atoms with Gasteiger partial charge in [-0.05, 0) is 80.6 Å². The topological polar surface area (TPSA) is 108 Å². The van der Waals surface area contributed by atoms with Crippen molar-refractivity contribution in [3.63, 3.8) is 0 Å². The van der Waals surface area contributed by atoms with Gasteiger partial charge in [0.2, 0.25) is 0 Å². The molecule has 1 saturated carbocycles. The van der Waals surface area contributed by atoms with Crippen molar-refractivity contribution in [1.29, 1.82) is 0 Å². The molecule has 214 valence electrons. The molecule has 4 N–H and O–H groups in total. The van der Waals surface area contributed by atoms with Crippen molar-refractivity contribution in [2.75, 3.05) is 36.4 Å². The summed E-state index contributed by atoms with van der Waals surface area (Å²) in [5.41, 5.74) is 8.62. The Morgan fingerprint density at radius 3 is 2.27 bits per heavy atom. The van der Waals surface area contributed by atoms with Crippen LogP contribution in [0, 0.1) is 5.82 Å². The van der Waals surface area contributed by atoms with E-state index >= 15 is 0 Å². The van der Waals surface area contributed by atoms with Crippen molar-refractivity contribution in [3.8, 4) is 0 Å². The van der Waals surface area contributed by atoms with Crippen LogP contribution < -0.4 is 21.3 Å². The van der Waals surface area contributed by atoms with E-state index in [0.29, 0.717) is 55.0 Å². The molecule has 1 aliphatic heterocycles. The minimum atomic E-state index is -0.442. The predicted molar refractivity (Wildman–Crippen MR) is 158 cm³/mol. The minimum absolute atomic E-state index is 0.0801. The molecule has 3 aromatic rings. The summed E-state index contributed by atoms with van der Waals surface area (Å²) in [5, 5.41) is 6.14. The third-order valence-corrected chi connectivity index (χ3v) is 7.85. The highest BCUT2D eigenvalue weighted by molar-refractivity contribution is 6.07. The molecule has 2 aliphatic rings. The van der Waals surface area contributed by atoms with Gasteiger partial charge in [0.15, 0.2) is 0 Å². The first-order valence-corrected chi connectivity index (χ1v) is 14.2. The molecular weight excluding hydrogens is 521 g/mol. The van der Waals surface area contributed by atoms with Crippen molar-refractivity contribution in [3.05, 3.63) is 95.3 Å². The van der Waals surface area contributed by atoms with Crippen LogP contribution in [0.5, 0.6) is 0 Å². The minimum Gasteiger partial charge on any atom is -0.368 e. The van der Waals surface area contributed by atoms with Gasteiger partial charge < -0.3 is 26.2 Å². The van der Waals surface area contributed by atoms with Crippen molar-refractivity contribution >= 4 is 29.1 Å². The van der Waals surface area contributed by atoms with E-state index in [4.69, 9.17) is 5.73 Å². The first-order valence-electron chi connectivity index (χ1n) is 14.2. The summed E-state index contributed by atoms with van der Waals surface area (Å²) in [6.07, 6.45) is 4.16. The summed E-state index contributed by atoms with van der Waals surface area (Å²) in [6, 6.07) is 20.3. The van der Waals surface area contributed by atoms with E-state index in [1.807, 2.05) is 12.1 Å². The van der Waals surface area contributed by atoms with Gasteiger partial charge in [-0.15, -0.1) is 0 Å². The smallest absolute Gasteiger partial charge is 0.255 e. The van der Waals surface area contributed by atoms with Crippen molar-refractivity contribution in [2.24, 2.45) is 5.73 Å². The van der Waals surface area contributed by atoms with Crippen LogP contribution in [0.2, 0.25) is 0 Å². The highest BCUT2D eigenvalue weighted by Crippen LogP contribution is 2.30. The molecule has 3 amide bonds. The molecule has 0 radical (unpaired) electrons. The molecule has 0 bridgehead atoms. The van der Waals surface area contributed by atoms with E-state index in [1.54, 1.807) is 47.4 Å². The zero-order chi connectivity index (χ0) is 28.8. The maximum absolute atomic E-state index is 13.7. The number of nitrogens with zero attached hydrogens (tertiary/aromatic N) is 2. The van der Waals surface area contributed by atoms with Gasteiger partial charge >= 0.3 is 0 Å². The molecular formula is C32H36FN5O3. The molecule has 2 fully saturated rings. The second-order valence-corrected chi connectivity index (χ2v) is 10.8. The van der Waals surface area contributed by atoms with Crippen LogP contribution in [0.1, 0.15) is 63.2 Å². The summed E-state index contributed by atoms with van der Waals surface area (Å²) >= 11 is 0. The van der Waals surface area contributed by atoms with Crippen LogP contribution in [0.15, 0.2) is 72.8 Å². The van der Waals surface area contributed by atoms with Gasteiger partial charge in [-0.1, -0.05) is 24.3 Å². The summed E-state index contributed by atoms with van der Waals surface area (Å²) in [5.74, 6) is -1.11. The third-order valence-electron chi connectivity index (χ3n) is 7.85. The SMILES string of the molecule is NC1CCC(NC(=O)c2ccc(N3CCCN(C(=O)c4cccc(F)c4)CC3)c(NC(=O)c3ccccc3)c2)CC1. The third kappa shape index (κ3) is 7.10. The first-order chi connectivity index (χ1) is 19.9. The van der Waals surface area contributed by atoms with Crippen LogP contribution in [-0.4, -0.2) is 60.9 Å². The summed E-state index contributed by atoms with van der Waals surface area (Å²) in [7, 11) is 0. The first kappa shape index (κ1) is 28.3. The average molecular weight is 558 g/mol. The van der Waals surface area contributed by atoms with Crippen LogP contribution >= 0.6 is 0 Å². The molecule has 8 nitrogen and oxygen atoms in total. The number of nitrogens with one attached hydrogen (secondary N) is 2. The fourth-order valence-electron chi connectivity index (χ4n) is 5.53. The number of rotatable bonds is 6. The summed E-state index contributed by atoms with van der Waals surface area (Å²) in [6.45, 7) is 2.13. The maximum atomic E-state index is 13.7.